The van der Waals surface area contributed by atoms with Crippen LogP contribution in [0.4, 0.5) is 8.78 Å². The van der Waals surface area contributed by atoms with Crippen molar-refractivity contribution in [2.45, 2.75) is 13.3 Å². The molecule has 0 aliphatic heterocycles. The highest BCUT2D eigenvalue weighted by Gasteiger charge is 2.16. The van der Waals surface area contributed by atoms with Crippen LogP contribution in [0.5, 0.6) is 0 Å². The molecule has 0 aliphatic carbocycles. The van der Waals surface area contributed by atoms with Gasteiger partial charge in [-0.25, -0.2) is 13.6 Å². The van der Waals surface area contributed by atoms with Gasteiger partial charge in [0.25, 0.3) is 0 Å². The molecule has 2 rings (SSSR count). The molecule has 2 aromatic carbocycles. The molecule has 0 heterocycles. The number of aromatic carboxylic acids is 1. The topological polar surface area (TPSA) is 37.3 Å². The largest absolute Gasteiger partial charge is 0.478 e. The molecule has 19 heavy (non-hydrogen) atoms. The van der Waals surface area contributed by atoms with Gasteiger partial charge in [-0.3, -0.25) is 0 Å². The maximum atomic E-state index is 13.9. The summed E-state index contributed by atoms with van der Waals surface area (Å²) in [6.07, 6.45) is 0.754. The lowest BCUT2D eigenvalue weighted by Gasteiger charge is -2.08. The normalized spacial score (nSPS) is 10.5. The second-order valence-corrected chi connectivity index (χ2v) is 4.17. The van der Waals surface area contributed by atoms with Crippen LogP contribution in [0.1, 0.15) is 22.8 Å². The van der Waals surface area contributed by atoms with E-state index in [0.29, 0.717) is 5.56 Å². The van der Waals surface area contributed by atoms with Crippen LogP contribution in [0.25, 0.3) is 11.1 Å². The van der Waals surface area contributed by atoms with Crippen LogP contribution in [0.3, 0.4) is 0 Å². The lowest BCUT2D eigenvalue weighted by atomic mass is 9.99. The maximum Gasteiger partial charge on any atom is 0.335 e. The zero-order valence-electron chi connectivity index (χ0n) is 10.3. The summed E-state index contributed by atoms with van der Waals surface area (Å²) in [4.78, 5) is 10.7. The van der Waals surface area contributed by atoms with E-state index in [9.17, 15) is 13.6 Å². The SMILES string of the molecule is CCc1cccc(-c2c(F)cc(C(=O)O)cc2F)c1. The highest BCUT2D eigenvalue weighted by molar-refractivity contribution is 5.88. The summed E-state index contributed by atoms with van der Waals surface area (Å²) in [5.74, 6) is -3.09. The zero-order valence-corrected chi connectivity index (χ0v) is 10.3. The Balaban J connectivity index is 2.59. The molecule has 98 valence electrons. The molecule has 0 spiro atoms. The quantitative estimate of drug-likeness (QED) is 0.911. The molecular weight excluding hydrogens is 250 g/mol. The predicted octanol–water partition coefficient (Wildman–Crippen LogP) is 3.89. The third-order valence-electron chi connectivity index (χ3n) is 2.91. The van der Waals surface area contributed by atoms with Crippen LogP contribution in [0.15, 0.2) is 36.4 Å². The predicted molar refractivity (Wildman–Crippen MR) is 68.1 cm³/mol. The Morgan fingerprint density at radius 1 is 1.16 bits per heavy atom. The van der Waals surface area contributed by atoms with Gasteiger partial charge in [-0.2, -0.15) is 0 Å². The average molecular weight is 262 g/mol. The molecule has 0 aromatic heterocycles. The minimum Gasteiger partial charge on any atom is -0.478 e. The van der Waals surface area contributed by atoms with Crippen molar-refractivity contribution in [1.29, 1.82) is 0 Å². The molecule has 0 saturated heterocycles. The van der Waals surface area contributed by atoms with E-state index < -0.39 is 23.2 Å². The fourth-order valence-electron chi connectivity index (χ4n) is 1.92. The van der Waals surface area contributed by atoms with E-state index in [2.05, 4.69) is 0 Å². The van der Waals surface area contributed by atoms with E-state index in [1.165, 1.54) is 0 Å². The molecule has 0 fully saturated rings. The maximum absolute atomic E-state index is 13.9. The second kappa shape index (κ2) is 5.18. The minimum absolute atomic E-state index is 0.194. The van der Waals surface area contributed by atoms with Crippen LogP contribution >= 0.6 is 0 Å². The molecule has 0 amide bonds. The van der Waals surface area contributed by atoms with Gasteiger partial charge >= 0.3 is 5.97 Å². The average Bonchev–Trinajstić information content (AvgIpc) is 2.38. The van der Waals surface area contributed by atoms with Crippen LogP contribution in [0.2, 0.25) is 0 Å². The first-order chi connectivity index (χ1) is 9.02. The first-order valence-corrected chi connectivity index (χ1v) is 5.84. The lowest BCUT2D eigenvalue weighted by molar-refractivity contribution is 0.0696. The summed E-state index contributed by atoms with van der Waals surface area (Å²) in [6, 6.07) is 8.55. The number of carboxylic acids is 1. The highest BCUT2D eigenvalue weighted by atomic mass is 19.1. The molecule has 2 nitrogen and oxygen atoms in total. The van der Waals surface area contributed by atoms with Gasteiger partial charge in [0.15, 0.2) is 0 Å². The van der Waals surface area contributed by atoms with Crippen LogP contribution in [0, 0.1) is 11.6 Å². The smallest absolute Gasteiger partial charge is 0.335 e. The van der Waals surface area contributed by atoms with Gasteiger partial charge in [-0.1, -0.05) is 31.2 Å². The molecule has 0 bridgehead atoms. The number of aryl methyl sites for hydroxylation is 1. The van der Waals surface area contributed by atoms with Crippen molar-refractivity contribution >= 4 is 5.97 Å². The second-order valence-electron chi connectivity index (χ2n) is 4.17. The summed E-state index contributed by atoms with van der Waals surface area (Å²) in [7, 11) is 0. The number of benzene rings is 2. The molecule has 2 aromatic rings. The molecule has 0 unspecified atom stereocenters. The molecule has 0 aliphatic rings. The summed E-state index contributed by atoms with van der Waals surface area (Å²) >= 11 is 0. The van der Waals surface area contributed by atoms with Gasteiger partial charge in [-0.15, -0.1) is 0 Å². The Kier molecular flexibility index (Phi) is 3.60. The Hall–Kier alpha value is -2.23. The summed E-state index contributed by atoms with van der Waals surface area (Å²) in [6.45, 7) is 1.94. The Morgan fingerprint density at radius 2 is 1.79 bits per heavy atom. The summed E-state index contributed by atoms with van der Waals surface area (Å²) < 4.78 is 27.8. The number of hydrogen-bond acceptors (Lipinski definition) is 1. The fourth-order valence-corrected chi connectivity index (χ4v) is 1.92. The number of carbonyl (C=O) groups is 1. The van der Waals surface area contributed by atoms with Gasteiger partial charge in [0.1, 0.15) is 11.6 Å². The van der Waals surface area contributed by atoms with E-state index in [1.54, 1.807) is 18.2 Å². The zero-order chi connectivity index (χ0) is 14.0. The lowest BCUT2D eigenvalue weighted by Crippen LogP contribution is -2.01. The summed E-state index contributed by atoms with van der Waals surface area (Å²) in [5, 5.41) is 8.74. The third-order valence-corrected chi connectivity index (χ3v) is 2.91. The molecule has 0 saturated carbocycles. The van der Waals surface area contributed by atoms with Crippen molar-refractivity contribution in [3.8, 4) is 11.1 Å². The number of hydrogen-bond donors (Lipinski definition) is 1. The van der Waals surface area contributed by atoms with Gasteiger partial charge in [0.05, 0.1) is 11.1 Å². The monoisotopic (exact) mass is 262 g/mol. The molecular formula is C15H12F2O2. The highest BCUT2D eigenvalue weighted by Crippen LogP contribution is 2.28. The van der Waals surface area contributed by atoms with Crippen molar-refractivity contribution in [1.82, 2.24) is 0 Å². The van der Waals surface area contributed by atoms with Crippen molar-refractivity contribution in [3.63, 3.8) is 0 Å². The van der Waals surface area contributed by atoms with Gasteiger partial charge in [0, 0.05) is 0 Å². The molecule has 0 radical (unpaired) electrons. The van der Waals surface area contributed by atoms with Crippen molar-refractivity contribution in [2.24, 2.45) is 0 Å². The van der Waals surface area contributed by atoms with Crippen molar-refractivity contribution < 1.29 is 18.7 Å². The third kappa shape index (κ3) is 2.62. The summed E-state index contributed by atoms with van der Waals surface area (Å²) in [5.41, 5.74) is 0.774. The Morgan fingerprint density at radius 3 is 2.32 bits per heavy atom. The Bertz CT molecular complexity index is 613. The van der Waals surface area contributed by atoms with E-state index in [-0.39, 0.29) is 5.56 Å². The van der Waals surface area contributed by atoms with E-state index in [0.717, 1.165) is 24.1 Å². The van der Waals surface area contributed by atoms with Crippen LogP contribution in [-0.2, 0) is 6.42 Å². The van der Waals surface area contributed by atoms with E-state index in [1.807, 2.05) is 13.0 Å². The standard InChI is InChI=1S/C15H12F2O2/c1-2-9-4-3-5-10(6-9)14-12(16)7-11(15(18)19)8-13(14)17/h3-8H,2H2,1H3,(H,18,19). The first-order valence-electron chi connectivity index (χ1n) is 5.84. The van der Waals surface area contributed by atoms with Crippen LogP contribution < -0.4 is 0 Å². The van der Waals surface area contributed by atoms with E-state index >= 15 is 0 Å². The fraction of sp³-hybridized carbons (Fsp3) is 0.133. The van der Waals surface area contributed by atoms with Crippen molar-refractivity contribution in [3.05, 3.63) is 59.2 Å². The van der Waals surface area contributed by atoms with Crippen molar-refractivity contribution in [2.75, 3.05) is 0 Å². The first kappa shape index (κ1) is 13.2. The number of halogens is 2. The minimum atomic E-state index is -1.35. The number of carboxylic acid groups (broad SMARTS) is 1. The van der Waals surface area contributed by atoms with E-state index in [4.69, 9.17) is 5.11 Å². The van der Waals surface area contributed by atoms with Gasteiger partial charge in [0.2, 0.25) is 0 Å². The van der Waals surface area contributed by atoms with Crippen LogP contribution in [-0.4, -0.2) is 11.1 Å². The molecule has 4 heteroatoms. The number of rotatable bonds is 3. The Labute approximate surface area is 109 Å². The van der Waals surface area contributed by atoms with Gasteiger partial charge < -0.3 is 5.11 Å². The molecule has 0 atom stereocenters. The van der Waals surface area contributed by atoms with Gasteiger partial charge in [-0.05, 0) is 29.7 Å². The molecule has 1 N–H and O–H groups in total.